The van der Waals surface area contributed by atoms with Crippen LogP contribution in [-0.4, -0.2) is 0 Å². The first-order valence-corrected chi connectivity index (χ1v) is 2.68. The van der Waals surface area contributed by atoms with E-state index in [0.717, 1.165) is 0 Å². The molecule has 0 bridgehead atoms. The number of rotatable bonds is 0. The van der Waals surface area contributed by atoms with Crippen LogP contribution in [-0.2, 0) is 34.1 Å². The van der Waals surface area contributed by atoms with Crippen molar-refractivity contribution in [2.45, 2.75) is 0 Å². The SMILES string of the molecule is [C-]#N.[C-]#N.[C-]#N.[C-]#N.[C-]#N.[C-]#N.[C-]#N.[C-]#N.[C-]#N.[C-]#N.[C-]#N.[C-]#N.[Fe+4].[Fe+4].[NH4+].[NH4+].[NH4+].[NH4+]. The van der Waals surface area contributed by atoms with Crippen LogP contribution >= 0.6 is 0 Å². The molecule has 0 aromatic carbocycles. The van der Waals surface area contributed by atoms with E-state index in [4.69, 9.17) is 142 Å². The van der Waals surface area contributed by atoms with Gasteiger partial charge < -0.3 is 167 Å². The Hall–Kier alpha value is -5.24. The van der Waals surface area contributed by atoms with Gasteiger partial charge in [0.1, 0.15) is 0 Å². The van der Waals surface area contributed by atoms with Gasteiger partial charge >= 0.3 is 34.1 Å². The van der Waals surface area contributed by atoms with Crippen LogP contribution in [0.4, 0.5) is 0 Å². The molecule has 0 aliphatic heterocycles. The van der Waals surface area contributed by atoms with E-state index in [-0.39, 0.29) is 58.7 Å². The van der Waals surface area contributed by atoms with Gasteiger partial charge in [-0.3, -0.25) is 0 Å². The molecule has 0 saturated heterocycles. The molecule has 0 amide bonds. The molecule has 16 nitrogen and oxygen atoms in total. The second-order valence-corrected chi connectivity index (χ2v) is 0. The summed E-state index contributed by atoms with van der Waals surface area (Å²) in [7, 11) is 0. The van der Waals surface area contributed by atoms with Gasteiger partial charge in [0.2, 0.25) is 0 Å². The van der Waals surface area contributed by atoms with E-state index in [9.17, 15) is 0 Å². The molecule has 0 aromatic rings. The predicted octanol–water partition coefficient (Wildman–Crippen LogP) is 2.66. The summed E-state index contributed by atoms with van der Waals surface area (Å²) in [5.74, 6) is 0. The van der Waals surface area contributed by atoms with Crippen molar-refractivity contribution < 1.29 is 34.1 Å². The maximum absolute atomic E-state index is 6.25. The molecule has 16 N–H and O–H groups in total. The first-order chi connectivity index (χ1) is 12.0. The molecule has 18 heteroatoms. The standard InChI is InChI=1S/12CN.2Fe.4H3N/c12*1-2;;;;;;/h;;;;;;;;;;;;;;4*1H3/q12*-1;2*+4;;;;/p+4. The summed E-state index contributed by atoms with van der Waals surface area (Å²) in [5, 5.41) is 75.0. The third kappa shape index (κ3) is 392. The molecule has 160 valence electrons. The van der Waals surface area contributed by atoms with E-state index in [2.05, 4.69) is 0 Å². The predicted molar refractivity (Wildman–Crippen MR) is 83.6 cm³/mol. The Morgan fingerprint density at radius 1 is 0.167 bits per heavy atom. The summed E-state index contributed by atoms with van der Waals surface area (Å²) in [6.45, 7) is 57.0. The summed E-state index contributed by atoms with van der Waals surface area (Å²) < 4.78 is 0. The number of quaternary nitrogens is 4. The largest absolute Gasteiger partial charge is 4.00 e. The molecular formula is C12H16Fe2N16. The fourth-order valence-corrected chi connectivity index (χ4v) is 0. The van der Waals surface area contributed by atoms with Crippen molar-refractivity contribution in [2.24, 2.45) is 0 Å². The van der Waals surface area contributed by atoms with E-state index >= 15 is 0 Å². The van der Waals surface area contributed by atoms with E-state index < -0.39 is 0 Å². The van der Waals surface area contributed by atoms with Crippen molar-refractivity contribution in [3.05, 3.63) is 78.9 Å². The van der Waals surface area contributed by atoms with Crippen molar-refractivity contribution in [1.82, 2.24) is 24.6 Å². The molecule has 0 saturated carbocycles. The van der Waals surface area contributed by atoms with Gasteiger partial charge in [-0.25, -0.2) is 0 Å². The molecule has 0 spiro atoms. The van der Waals surface area contributed by atoms with E-state index in [1.807, 2.05) is 0 Å². The zero-order valence-corrected chi connectivity index (χ0v) is 18.3. The van der Waals surface area contributed by atoms with Gasteiger partial charge in [0.25, 0.3) is 0 Å². The third-order valence-corrected chi connectivity index (χ3v) is 0. The molecule has 0 unspecified atom stereocenters. The quantitative estimate of drug-likeness (QED) is 0.277. The fourth-order valence-electron chi connectivity index (χ4n) is 0. The second-order valence-electron chi connectivity index (χ2n) is 0. The number of hydrogen-bond acceptors (Lipinski definition) is 12. The average Bonchev–Trinajstić information content (AvgIpc) is 2.84. The molecule has 0 fully saturated rings. The van der Waals surface area contributed by atoms with E-state index in [0.29, 0.717) is 0 Å². The van der Waals surface area contributed by atoms with Crippen LogP contribution in [0.15, 0.2) is 0 Å². The second kappa shape index (κ2) is 448. The summed E-state index contributed by atoms with van der Waals surface area (Å²) >= 11 is 0. The van der Waals surface area contributed by atoms with Crippen LogP contribution in [0.5, 0.6) is 0 Å². The molecule has 0 aliphatic rings. The van der Waals surface area contributed by atoms with Crippen molar-refractivity contribution >= 4 is 0 Å². The van der Waals surface area contributed by atoms with Crippen LogP contribution in [0, 0.1) is 142 Å². The summed E-state index contributed by atoms with van der Waals surface area (Å²) in [4.78, 5) is 0. The molecule has 0 rings (SSSR count). The molecule has 0 atom stereocenters. The normalized spacial score (nSPS) is 0.800. The summed E-state index contributed by atoms with van der Waals surface area (Å²) in [6.07, 6.45) is 0. The van der Waals surface area contributed by atoms with Gasteiger partial charge in [-0.1, -0.05) is 0 Å². The third-order valence-electron chi connectivity index (χ3n) is 0. The van der Waals surface area contributed by atoms with Crippen LogP contribution in [0.25, 0.3) is 0 Å². The zero-order chi connectivity index (χ0) is 24.0. The minimum atomic E-state index is 0. The summed E-state index contributed by atoms with van der Waals surface area (Å²) in [5.41, 5.74) is 0. The number of hydrogen-bond donors (Lipinski definition) is 4. The molecular weight excluding hydrogens is 480 g/mol. The minimum Gasteiger partial charge on any atom is -0.512 e. The fraction of sp³-hybridized carbons (Fsp3) is 0. The van der Waals surface area contributed by atoms with Crippen LogP contribution < -0.4 is 24.6 Å². The Morgan fingerprint density at radius 3 is 0.167 bits per heavy atom. The molecule has 30 heavy (non-hydrogen) atoms. The van der Waals surface area contributed by atoms with Gasteiger partial charge in [-0.2, -0.15) is 0 Å². The van der Waals surface area contributed by atoms with E-state index in [1.165, 1.54) is 0 Å². The van der Waals surface area contributed by atoms with Crippen LogP contribution in [0.2, 0.25) is 0 Å². The summed E-state index contributed by atoms with van der Waals surface area (Å²) in [6, 6.07) is 0. The van der Waals surface area contributed by atoms with Crippen molar-refractivity contribution in [3.8, 4) is 0 Å². The van der Waals surface area contributed by atoms with Crippen LogP contribution in [0.3, 0.4) is 0 Å². The topological polar surface area (TPSA) is 431 Å². The van der Waals surface area contributed by atoms with Crippen molar-refractivity contribution in [3.63, 3.8) is 0 Å². The maximum Gasteiger partial charge on any atom is 4.00 e. The van der Waals surface area contributed by atoms with Gasteiger partial charge in [0.05, 0.1) is 0 Å². The van der Waals surface area contributed by atoms with Gasteiger partial charge in [-0.05, 0) is 0 Å². The molecule has 0 radical (unpaired) electrons. The molecule has 0 aliphatic carbocycles. The van der Waals surface area contributed by atoms with Crippen LogP contribution in [0.1, 0.15) is 0 Å². The van der Waals surface area contributed by atoms with E-state index in [1.54, 1.807) is 0 Å². The molecule has 0 heterocycles. The van der Waals surface area contributed by atoms with Gasteiger partial charge in [0, 0.05) is 0 Å². The van der Waals surface area contributed by atoms with Crippen molar-refractivity contribution in [1.29, 1.82) is 63.1 Å². The smallest absolute Gasteiger partial charge is 0.512 e. The minimum absolute atomic E-state index is 0. The molecule has 0 aromatic heterocycles. The average molecular weight is 496 g/mol. The Bertz CT molecular complexity index is 224. The van der Waals surface area contributed by atoms with Gasteiger partial charge in [-0.15, -0.1) is 0 Å². The van der Waals surface area contributed by atoms with Crippen molar-refractivity contribution in [2.75, 3.05) is 0 Å². The number of nitrogens with zero attached hydrogens (tertiary/aromatic N) is 12. The monoisotopic (exact) mass is 496 g/mol. The Balaban J connectivity index is -0.00000000321. The Morgan fingerprint density at radius 2 is 0.167 bits per heavy atom. The Labute approximate surface area is 200 Å². The maximum atomic E-state index is 6.25. The Kier molecular flexibility index (Phi) is 4570. The first kappa shape index (κ1) is 306. The zero-order valence-electron chi connectivity index (χ0n) is 16.1. The van der Waals surface area contributed by atoms with Gasteiger partial charge in [0.15, 0.2) is 0 Å². The first-order valence-electron chi connectivity index (χ1n) is 2.68.